The molecule has 0 saturated carbocycles. The molecule has 0 bridgehead atoms. The number of nitrogens with zero attached hydrogens (tertiary/aromatic N) is 6. The summed E-state index contributed by atoms with van der Waals surface area (Å²) >= 11 is 0. The molecule has 0 radical (unpaired) electrons. The largest absolute Gasteiger partial charge is 1.00 e. The Hall–Kier alpha value is -2.44. The van der Waals surface area contributed by atoms with Crippen LogP contribution in [-0.4, -0.2) is 23.1 Å². The van der Waals surface area contributed by atoms with Crippen LogP contribution in [0.3, 0.4) is 0 Å². The number of aryl methyl sites for hydroxylation is 2. The zero-order chi connectivity index (χ0) is 24.0. The van der Waals surface area contributed by atoms with Gasteiger partial charge >= 0.3 is 57.8 Å². The molecule has 3 rings (SSSR count). The molecule has 0 aliphatic carbocycles. The molecule has 0 fully saturated rings. The van der Waals surface area contributed by atoms with Crippen LogP contribution in [0.1, 0.15) is 34.6 Å². The number of halogens is 2. The van der Waals surface area contributed by atoms with E-state index in [2.05, 4.69) is 28.8 Å². The Kier molecular flexibility index (Phi) is 11.0. The summed E-state index contributed by atoms with van der Waals surface area (Å²) in [5, 5.41) is 18.8. The average molecular weight is 478 g/mol. The van der Waals surface area contributed by atoms with Crippen molar-refractivity contribution in [2.24, 2.45) is 10.8 Å². The fourth-order valence-corrected chi connectivity index (χ4v) is 2.78. The minimum atomic E-state index is -2.74. The molecule has 168 valence electrons. The third-order valence-corrected chi connectivity index (χ3v) is 4.49. The van der Waals surface area contributed by atoms with Crippen LogP contribution in [0, 0.1) is 20.8 Å². The molecule has 8 nitrogen and oxygen atoms in total. The Morgan fingerprint density at radius 2 is 1.85 bits per heavy atom. The Labute approximate surface area is 233 Å². The number of benzene rings is 2. The number of nitrogens with two attached hydrogens (primary N) is 1. The van der Waals surface area contributed by atoms with Gasteiger partial charge in [-0.1, -0.05) is 37.0 Å². The Balaban J connectivity index is 0.000000320. The molecular formula is C22H22F2KN7O-2. The van der Waals surface area contributed by atoms with Gasteiger partial charge in [0.25, 0.3) is 5.89 Å². The zero-order valence-corrected chi connectivity index (χ0v) is 22.0. The Bertz CT molecular complexity index is 1150. The molecule has 0 unspecified atom stereocenters. The molecule has 11 heteroatoms. The first-order valence-electron chi connectivity index (χ1n) is 9.29. The van der Waals surface area contributed by atoms with E-state index >= 15 is 0 Å². The predicted molar refractivity (Wildman–Crippen MR) is 120 cm³/mol. The minimum Gasteiger partial charge on any atom is -0.842 e. The molecule has 33 heavy (non-hydrogen) atoms. The number of amidine groups is 1. The number of alkyl halides is 2. The third kappa shape index (κ3) is 7.54. The van der Waals surface area contributed by atoms with Gasteiger partial charge < -0.3 is 31.1 Å². The number of hydrogen-bond donors (Lipinski definition) is 1. The molecule has 1 aromatic heterocycles. The third-order valence-electron chi connectivity index (χ3n) is 4.49. The van der Waals surface area contributed by atoms with Crippen LogP contribution in [-0.2, 0) is 0 Å². The van der Waals surface area contributed by atoms with Crippen LogP contribution in [0.15, 0.2) is 58.3 Å². The van der Waals surface area contributed by atoms with Crippen molar-refractivity contribution in [3.63, 3.8) is 0 Å². The van der Waals surface area contributed by atoms with Crippen molar-refractivity contribution in [1.29, 1.82) is 0 Å². The van der Waals surface area contributed by atoms with Crippen LogP contribution >= 0.6 is 0 Å². The van der Waals surface area contributed by atoms with Gasteiger partial charge in [0.1, 0.15) is 0 Å². The van der Waals surface area contributed by atoms with Gasteiger partial charge in [0, 0.05) is 18.3 Å². The van der Waals surface area contributed by atoms with E-state index in [1.165, 1.54) is 0 Å². The SMILES string of the molecule is C=C(N)N(C)c1ccc(C(=[N-])N=[N-])cc1C.[CH2-]c1ccc(-c2nnc(C(F)F)o2)c(C)c1.[K+]. The second-order valence-electron chi connectivity index (χ2n) is 6.87. The summed E-state index contributed by atoms with van der Waals surface area (Å²) in [6, 6.07) is 10.4. The summed E-state index contributed by atoms with van der Waals surface area (Å²) in [6.07, 6.45) is -2.74. The second kappa shape index (κ2) is 12.7. The maximum Gasteiger partial charge on any atom is 1.00 e. The normalized spacial score (nSPS) is 10.0. The summed E-state index contributed by atoms with van der Waals surface area (Å²) in [7, 11) is 1.80. The monoisotopic (exact) mass is 477 g/mol. The number of rotatable bonds is 5. The first-order chi connectivity index (χ1) is 15.0. The fourth-order valence-electron chi connectivity index (χ4n) is 2.78. The van der Waals surface area contributed by atoms with Crippen molar-refractivity contribution in [3.05, 3.63) is 94.8 Å². The van der Waals surface area contributed by atoms with Gasteiger partial charge in [0.05, 0.1) is 5.82 Å². The molecule has 2 aromatic carbocycles. The summed E-state index contributed by atoms with van der Waals surface area (Å²) in [6.45, 7) is 11.1. The maximum atomic E-state index is 12.3. The number of hydrogen-bond acceptors (Lipinski definition) is 5. The molecule has 0 saturated heterocycles. The van der Waals surface area contributed by atoms with E-state index in [9.17, 15) is 14.2 Å². The van der Waals surface area contributed by atoms with E-state index in [1.54, 1.807) is 42.3 Å². The Morgan fingerprint density at radius 1 is 1.18 bits per heavy atom. The van der Waals surface area contributed by atoms with Crippen molar-refractivity contribution in [2.45, 2.75) is 20.3 Å². The first kappa shape index (κ1) is 28.6. The van der Waals surface area contributed by atoms with Crippen molar-refractivity contribution in [2.75, 3.05) is 11.9 Å². The number of aromatic nitrogens is 2. The van der Waals surface area contributed by atoms with E-state index in [1.807, 2.05) is 19.9 Å². The molecule has 3 aromatic rings. The van der Waals surface area contributed by atoms with Gasteiger partial charge in [0.2, 0.25) is 5.89 Å². The van der Waals surface area contributed by atoms with Crippen LogP contribution in [0.2, 0.25) is 0 Å². The van der Waals surface area contributed by atoms with Gasteiger partial charge in [-0.3, -0.25) is 0 Å². The topological polar surface area (TPSA) is 125 Å². The van der Waals surface area contributed by atoms with Gasteiger partial charge in [-0.2, -0.15) is 33.4 Å². The molecule has 0 spiro atoms. The van der Waals surface area contributed by atoms with Gasteiger partial charge in [0.15, 0.2) is 0 Å². The minimum absolute atomic E-state index is 0. The van der Waals surface area contributed by atoms with Crippen molar-refractivity contribution in [3.8, 4) is 11.5 Å². The average Bonchev–Trinajstić information content (AvgIpc) is 3.23. The predicted octanol–water partition coefficient (Wildman–Crippen LogP) is 2.37. The smallest absolute Gasteiger partial charge is 0.842 e. The van der Waals surface area contributed by atoms with Crippen molar-refractivity contribution < 1.29 is 64.6 Å². The molecule has 1 heterocycles. The summed E-state index contributed by atoms with van der Waals surface area (Å²) in [5.74, 6) is -0.541. The fraction of sp³-hybridized carbons (Fsp3) is 0.182. The summed E-state index contributed by atoms with van der Waals surface area (Å²) < 4.78 is 29.4. The van der Waals surface area contributed by atoms with E-state index in [-0.39, 0.29) is 57.3 Å². The van der Waals surface area contributed by atoms with E-state index in [0.29, 0.717) is 16.9 Å². The molecular weight excluding hydrogens is 455 g/mol. The van der Waals surface area contributed by atoms with E-state index in [0.717, 1.165) is 22.4 Å². The van der Waals surface area contributed by atoms with Crippen LogP contribution < -0.4 is 62.0 Å². The van der Waals surface area contributed by atoms with Gasteiger partial charge in [-0.15, -0.1) is 16.3 Å². The molecule has 2 N–H and O–H groups in total. The van der Waals surface area contributed by atoms with E-state index in [4.69, 9.17) is 15.7 Å². The van der Waals surface area contributed by atoms with Gasteiger partial charge in [-0.05, 0) is 24.1 Å². The van der Waals surface area contributed by atoms with Gasteiger partial charge in [-0.25, -0.2) is 0 Å². The maximum absolute atomic E-state index is 12.3. The molecule has 0 aliphatic heterocycles. The quantitative estimate of drug-likeness (QED) is 0.199. The molecule has 0 amide bonds. The first-order valence-corrected chi connectivity index (χ1v) is 9.29. The van der Waals surface area contributed by atoms with Crippen LogP contribution in [0.4, 0.5) is 14.5 Å². The van der Waals surface area contributed by atoms with E-state index < -0.39 is 18.2 Å². The molecule has 0 atom stereocenters. The summed E-state index contributed by atoms with van der Waals surface area (Å²) in [4.78, 5) is 1.73. The van der Waals surface area contributed by atoms with Crippen LogP contribution in [0.25, 0.3) is 22.4 Å². The standard InChI is InChI=1S/C11H9F2N2O.C11H13N5.K/c1-6-3-4-8(7(2)5-6)10-14-15-11(16-10)9(12)13;1-7-6-9(11(13)15-14)4-5-10(7)16(3)8(2)12;/h3-5,9H,1H2,2H3;4-6H,2,12H2,1,3H3;/q-1;-2;+1. The van der Waals surface area contributed by atoms with Crippen LogP contribution in [0.5, 0.6) is 0 Å². The number of anilines is 1. The summed E-state index contributed by atoms with van der Waals surface area (Å²) in [5.41, 5.74) is 18.6. The Morgan fingerprint density at radius 3 is 2.33 bits per heavy atom. The van der Waals surface area contributed by atoms with Crippen molar-refractivity contribution in [1.82, 2.24) is 10.2 Å². The molecule has 0 aliphatic rings. The van der Waals surface area contributed by atoms with Crippen molar-refractivity contribution >= 4 is 11.5 Å². The second-order valence-corrected chi connectivity index (χ2v) is 6.87. The zero-order valence-electron chi connectivity index (χ0n) is 18.9.